The summed E-state index contributed by atoms with van der Waals surface area (Å²) < 4.78 is 1.68. The molecule has 5 heteroatoms. The standard InChI is InChI=1S/C16H14N2O2S/c19-14(15-8-4-10-21-15)7-3-9-18-13-6-2-1-5-12(13)17-11-16(18)20/h1-2,4-6,8,10-11H,3,7,9H2. The van der Waals surface area contributed by atoms with Crippen LogP contribution in [0.5, 0.6) is 0 Å². The van der Waals surface area contributed by atoms with Crippen molar-refractivity contribution < 1.29 is 4.79 Å². The average Bonchev–Trinajstić information content (AvgIpc) is 3.04. The Morgan fingerprint density at radius 3 is 2.86 bits per heavy atom. The molecule has 3 aromatic rings. The molecule has 0 unspecified atom stereocenters. The summed E-state index contributed by atoms with van der Waals surface area (Å²) in [5.74, 6) is 0.136. The number of carbonyl (C=O) groups excluding carboxylic acids is 1. The third kappa shape index (κ3) is 2.92. The van der Waals surface area contributed by atoms with E-state index >= 15 is 0 Å². The molecule has 0 saturated heterocycles. The van der Waals surface area contributed by atoms with Crippen molar-refractivity contribution in [3.63, 3.8) is 0 Å². The number of nitrogens with zero attached hydrogens (tertiary/aromatic N) is 2. The first-order valence-electron chi connectivity index (χ1n) is 6.77. The number of para-hydroxylation sites is 2. The number of rotatable bonds is 5. The van der Waals surface area contributed by atoms with Crippen molar-refractivity contribution in [3.8, 4) is 0 Å². The first-order chi connectivity index (χ1) is 10.3. The Morgan fingerprint density at radius 1 is 1.19 bits per heavy atom. The molecule has 0 bridgehead atoms. The van der Waals surface area contributed by atoms with Crippen molar-refractivity contribution in [1.29, 1.82) is 0 Å². The number of benzene rings is 1. The van der Waals surface area contributed by atoms with Gasteiger partial charge in [0.2, 0.25) is 0 Å². The number of ketones is 1. The van der Waals surface area contributed by atoms with Crippen molar-refractivity contribution in [2.75, 3.05) is 0 Å². The van der Waals surface area contributed by atoms with Gasteiger partial charge in [0.15, 0.2) is 5.78 Å². The summed E-state index contributed by atoms with van der Waals surface area (Å²) in [4.78, 5) is 28.8. The molecule has 2 aromatic heterocycles. The zero-order chi connectivity index (χ0) is 14.7. The van der Waals surface area contributed by atoms with E-state index in [0.717, 1.165) is 15.9 Å². The smallest absolute Gasteiger partial charge is 0.269 e. The van der Waals surface area contributed by atoms with Crippen LogP contribution in [0.15, 0.2) is 52.8 Å². The minimum Gasteiger partial charge on any atom is -0.305 e. The van der Waals surface area contributed by atoms with E-state index in [4.69, 9.17) is 0 Å². The van der Waals surface area contributed by atoms with Gasteiger partial charge < -0.3 is 4.57 Å². The molecule has 0 aliphatic rings. The zero-order valence-corrected chi connectivity index (χ0v) is 12.2. The first kappa shape index (κ1) is 13.7. The van der Waals surface area contributed by atoms with E-state index < -0.39 is 0 Å². The Bertz CT molecular complexity index is 822. The Hall–Kier alpha value is -2.27. The van der Waals surface area contributed by atoms with Crippen molar-refractivity contribution in [3.05, 3.63) is 63.2 Å². The highest BCUT2D eigenvalue weighted by Crippen LogP contribution is 2.13. The highest BCUT2D eigenvalue weighted by atomic mass is 32.1. The summed E-state index contributed by atoms with van der Waals surface area (Å²) in [5, 5.41) is 1.90. The third-order valence-electron chi connectivity index (χ3n) is 3.33. The van der Waals surface area contributed by atoms with Gasteiger partial charge in [0.1, 0.15) is 0 Å². The maximum Gasteiger partial charge on any atom is 0.269 e. The molecular formula is C16H14N2O2S. The number of hydrogen-bond donors (Lipinski definition) is 0. The topological polar surface area (TPSA) is 52.0 Å². The van der Waals surface area contributed by atoms with Crippen LogP contribution in [0, 0.1) is 0 Å². The summed E-state index contributed by atoms with van der Waals surface area (Å²) in [5.41, 5.74) is 1.48. The van der Waals surface area contributed by atoms with Crippen molar-refractivity contribution in [2.24, 2.45) is 0 Å². The number of fused-ring (bicyclic) bond motifs is 1. The van der Waals surface area contributed by atoms with Crippen LogP contribution in [0.2, 0.25) is 0 Å². The molecular weight excluding hydrogens is 284 g/mol. The van der Waals surface area contributed by atoms with E-state index in [1.807, 2.05) is 41.8 Å². The normalized spacial score (nSPS) is 10.9. The van der Waals surface area contributed by atoms with Crippen LogP contribution in [0.3, 0.4) is 0 Å². The monoisotopic (exact) mass is 298 g/mol. The van der Waals surface area contributed by atoms with Crippen LogP contribution >= 0.6 is 11.3 Å². The second kappa shape index (κ2) is 6.01. The second-order valence-corrected chi connectivity index (χ2v) is 5.69. The third-order valence-corrected chi connectivity index (χ3v) is 4.25. The molecule has 0 aliphatic heterocycles. The number of aryl methyl sites for hydroxylation is 1. The largest absolute Gasteiger partial charge is 0.305 e. The van der Waals surface area contributed by atoms with E-state index in [9.17, 15) is 9.59 Å². The molecule has 106 valence electrons. The highest BCUT2D eigenvalue weighted by molar-refractivity contribution is 7.12. The van der Waals surface area contributed by atoms with Crippen LogP contribution in [0.25, 0.3) is 11.0 Å². The Labute approximate surface area is 125 Å². The molecule has 21 heavy (non-hydrogen) atoms. The zero-order valence-electron chi connectivity index (χ0n) is 11.4. The van der Waals surface area contributed by atoms with E-state index in [-0.39, 0.29) is 11.3 Å². The SMILES string of the molecule is O=C(CCCn1c(=O)cnc2ccccc21)c1cccs1. The molecule has 0 amide bonds. The van der Waals surface area contributed by atoms with Gasteiger partial charge in [-0.2, -0.15) is 0 Å². The van der Waals surface area contributed by atoms with Crippen LogP contribution in [0.4, 0.5) is 0 Å². The number of thiophene rings is 1. The summed E-state index contributed by atoms with van der Waals surface area (Å²) in [7, 11) is 0. The minimum atomic E-state index is -0.128. The molecule has 0 fully saturated rings. The van der Waals surface area contributed by atoms with Crippen LogP contribution in [-0.4, -0.2) is 15.3 Å². The van der Waals surface area contributed by atoms with Gasteiger partial charge in [-0.3, -0.25) is 9.59 Å². The van der Waals surface area contributed by atoms with Gasteiger partial charge >= 0.3 is 0 Å². The lowest BCUT2D eigenvalue weighted by molar-refractivity contribution is 0.0982. The molecule has 0 saturated carbocycles. The van der Waals surface area contributed by atoms with Gasteiger partial charge in [-0.05, 0) is 30.0 Å². The van der Waals surface area contributed by atoms with Crippen LogP contribution in [0.1, 0.15) is 22.5 Å². The molecule has 0 radical (unpaired) electrons. The molecule has 3 rings (SSSR count). The van der Waals surface area contributed by atoms with Gasteiger partial charge in [0.25, 0.3) is 5.56 Å². The van der Waals surface area contributed by atoms with Gasteiger partial charge in [0.05, 0.1) is 22.1 Å². The minimum absolute atomic E-state index is 0.128. The van der Waals surface area contributed by atoms with Gasteiger partial charge in [-0.1, -0.05) is 18.2 Å². The lowest BCUT2D eigenvalue weighted by Crippen LogP contribution is -2.20. The summed E-state index contributed by atoms with van der Waals surface area (Å²) in [6, 6.07) is 11.2. The Kier molecular flexibility index (Phi) is 3.92. The van der Waals surface area contributed by atoms with Crippen molar-refractivity contribution in [2.45, 2.75) is 19.4 Å². The first-order valence-corrected chi connectivity index (χ1v) is 7.65. The fraction of sp³-hybridized carbons (Fsp3) is 0.188. The fourth-order valence-corrected chi connectivity index (χ4v) is 3.00. The lowest BCUT2D eigenvalue weighted by Gasteiger charge is -2.08. The number of Topliss-reactive ketones (excluding diaryl/α,β-unsaturated/α-hetero) is 1. The summed E-state index contributed by atoms with van der Waals surface area (Å²) in [6.45, 7) is 0.527. The van der Waals surface area contributed by atoms with Gasteiger partial charge in [0, 0.05) is 13.0 Å². The second-order valence-electron chi connectivity index (χ2n) is 4.74. The van der Waals surface area contributed by atoms with E-state index in [0.29, 0.717) is 19.4 Å². The molecule has 0 N–H and O–H groups in total. The summed E-state index contributed by atoms with van der Waals surface area (Å²) in [6.07, 6.45) is 2.43. The highest BCUT2D eigenvalue weighted by Gasteiger charge is 2.08. The molecule has 4 nitrogen and oxygen atoms in total. The molecule has 0 aliphatic carbocycles. The predicted octanol–water partition coefficient (Wildman–Crippen LogP) is 3.12. The van der Waals surface area contributed by atoms with Crippen LogP contribution in [-0.2, 0) is 6.54 Å². The van der Waals surface area contributed by atoms with Crippen LogP contribution < -0.4 is 5.56 Å². The number of aromatic nitrogens is 2. The summed E-state index contributed by atoms with van der Waals surface area (Å²) >= 11 is 1.45. The Morgan fingerprint density at radius 2 is 2.05 bits per heavy atom. The maximum absolute atomic E-state index is 12.0. The molecule has 1 aromatic carbocycles. The van der Waals surface area contributed by atoms with Crippen molar-refractivity contribution >= 4 is 28.2 Å². The van der Waals surface area contributed by atoms with Gasteiger partial charge in [-0.25, -0.2) is 4.98 Å². The van der Waals surface area contributed by atoms with E-state index in [1.165, 1.54) is 17.5 Å². The molecule has 0 atom stereocenters. The fourth-order valence-electron chi connectivity index (χ4n) is 2.30. The van der Waals surface area contributed by atoms with Crippen molar-refractivity contribution in [1.82, 2.24) is 9.55 Å². The lowest BCUT2D eigenvalue weighted by atomic mass is 10.2. The molecule has 2 heterocycles. The van der Waals surface area contributed by atoms with Gasteiger partial charge in [-0.15, -0.1) is 11.3 Å². The predicted molar refractivity (Wildman–Crippen MR) is 83.9 cm³/mol. The quantitative estimate of drug-likeness (QED) is 0.680. The molecule has 0 spiro atoms. The Balaban J connectivity index is 1.75. The maximum atomic E-state index is 12.0. The number of hydrogen-bond acceptors (Lipinski definition) is 4. The van der Waals surface area contributed by atoms with E-state index in [1.54, 1.807) is 4.57 Å². The van der Waals surface area contributed by atoms with E-state index in [2.05, 4.69) is 4.98 Å². The average molecular weight is 298 g/mol. The number of carbonyl (C=O) groups is 1.